The second kappa shape index (κ2) is 15.4. The first-order chi connectivity index (χ1) is 31.7. The second-order valence-corrected chi connectivity index (χ2v) is 17.0. The number of hydrogen-bond donors (Lipinski definition) is 0. The number of thiophene rings is 1. The molecule has 0 unspecified atom stereocenters. The molecule has 4 nitrogen and oxygen atoms in total. The van der Waals surface area contributed by atoms with Gasteiger partial charge in [-0.05, 0) is 50.2 Å². The van der Waals surface area contributed by atoms with E-state index in [0.717, 1.165) is 60.2 Å². The summed E-state index contributed by atoms with van der Waals surface area (Å²) in [5.41, 5.74) is 8.61. The lowest BCUT2D eigenvalue weighted by atomic mass is 9.98. The lowest BCUT2D eigenvalue weighted by Gasteiger charge is -2.14. The average Bonchev–Trinajstić information content (AvgIpc) is 3.94. The van der Waals surface area contributed by atoms with Crippen molar-refractivity contribution in [3.05, 3.63) is 206 Å². The zero-order chi connectivity index (χ0) is 42.7. The van der Waals surface area contributed by atoms with Gasteiger partial charge in [0.2, 0.25) is 5.95 Å². The Labute approximate surface area is 374 Å². The van der Waals surface area contributed by atoms with Crippen LogP contribution in [0.1, 0.15) is 13.8 Å². The van der Waals surface area contributed by atoms with Crippen LogP contribution in [0, 0.1) is 0 Å². The fraction of sp³-hybridized carbons (Fsp3) is 0.0339. The number of benzene rings is 10. The van der Waals surface area contributed by atoms with Crippen LogP contribution in [0.3, 0.4) is 0 Å². The van der Waals surface area contributed by atoms with E-state index in [2.05, 4.69) is 205 Å². The SMILES string of the molecule is CC.c1ccc(-c2ccc(-c3nc(-c4ccc5ccccc5c4)nc(-n4c5c(-c6cccc7c6sc6ccc8ccccc8c67)cccc5c5ccc6ccccc6c54)n3)cc2)cc1. The maximum Gasteiger partial charge on any atom is 0.238 e. The van der Waals surface area contributed by atoms with Crippen LogP contribution in [0.2, 0.25) is 0 Å². The van der Waals surface area contributed by atoms with E-state index in [4.69, 9.17) is 15.0 Å². The molecule has 13 rings (SSSR count). The molecule has 0 spiro atoms. The van der Waals surface area contributed by atoms with Crippen molar-refractivity contribution in [2.45, 2.75) is 13.8 Å². The first-order valence-electron chi connectivity index (χ1n) is 21.9. The van der Waals surface area contributed by atoms with E-state index in [-0.39, 0.29) is 0 Å². The predicted molar refractivity (Wildman–Crippen MR) is 273 cm³/mol. The molecular weight excluding hydrogens is 797 g/mol. The van der Waals surface area contributed by atoms with E-state index in [0.29, 0.717) is 17.6 Å². The monoisotopic (exact) mass is 836 g/mol. The van der Waals surface area contributed by atoms with E-state index < -0.39 is 0 Å². The minimum absolute atomic E-state index is 0.573. The van der Waals surface area contributed by atoms with Crippen molar-refractivity contribution in [2.75, 3.05) is 0 Å². The van der Waals surface area contributed by atoms with Crippen molar-refractivity contribution in [1.82, 2.24) is 19.5 Å². The van der Waals surface area contributed by atoms with Gasteiger partial charge in [-0.3, -0.25) is 4.57 Å². The molecule has 5 heteroatoms. The summed E-state index contributed by atoms with van der Waals surface area (Å²) < 4.78 is 4.86. The third-order valence-electron chi connectivity index (χ3n) is 12.4. The molecule has 0 radical (unpaired) electrons. The highest BCUT2D eigenvalue weighted by Crippen LogP contribution is 2.46. The molecule has 0 saturated carbocycles. The Bertz CT molecular complexity index is 3920. The summed E-state index contributed by atoms with van der Waals surface area (Å²) in [5.74, 6) is 1.81. The topological polar surface area (TPSA) is 43.6 Å². The van der Waals surface area contributed by atoms with E-state index in [9.17, 15) is 0 Å². The molecule has 10 aromatic carbocycles. The molecule has 302 valence electrons. The van der Waals surface area contributed by atoms with Crippen LogP contribution in [0.5, 0.6) is 0 Å². The van der Waals surface area contributed by atoms with Gasteiger partial charge in [0.15, 0.2) is 11.6 Å². The Morgan fingerprint density at radius 2 is 0.906 bits per heavy atom. The highest BCUT2D eigenvalue weighted by atomic mass is 32.1. The molecule has 0 fully saturated rings. The number of hydrogen-bond acceptors (Lipinski definition) is 4. The minimum atomic E-state index is 0.573. The van der Waals surface area contributed by atoms with Crippen LogP contribution in [0.4, 0.5) is 0 Å². The summed E-state index contributed by atoms with van der Waals surface area (Å²) in [6, 6.07) is 73.8. The van der Waals surface area contributed by atoms with Crippen LogP contribution in [-0.4, -0.2) is 19.5 Å². The molecule has 0 saturated heterocycles. The van der Waals surface area contributed by atoms with Gasteiger partial charge in [-0.2, -0.15) is 9.97 Å². The fourth-order valence-corrected chi connectivity index (χ4v) is 10.8. The number of para-hydroxylation sites is 1. The van der Waals surface area contributed by atoms with Crippen LogP contribution in [-0.2, 0) is 0 Å². The van der Waals surface area contributed by atoms with Gasteiger partial charge in [-0.15, -0.1) is 11.3 Å². The predicted octanol–water partition coefficient (Wildman–Crippen LogP) is 16.5. The molecule has 64 heavy (non-hydrogen) atoms. The summed E-state index contributed by atoms with van der Waals surface area (Å²) in [6.45, 7) is 4.00. The first kappa shape index (κ1) is 37.7. The van der Waals surface area contributed by atoms with E-state index in [1.165, 1.54) is 47.5 Å². The highest BCUT2D eigenvalue weighted by molar-refractivity contribution is 7.26. The summed E-state index contributed by atoms with van der Waals surface area (Å²) in [5, 5.41) is 12.0. The van der Waals surface area contributed by atoms with Gasteiger partial charge in [0.1, 0.15) is 0 Å². The number of nitrogens with zero attached hydrogens (tertiary/aromatic N) is 4. The maximum absolute atomic E-state index is 5.46. The molecular formula is C59H40N4S. The number of aromatic nitrogens is 4. The Morgan fingerprint density at radius 1 is 0.359 bits per heavy atom. The Hall–Kier alpha value is -7.99. The highest BCUT2D eigenvalue weighted by Gasteiger charge is 2.24. The van der Waals surface area contributed by atoms with Gasteiger partial charge in [-0.25, -0.2) is 4.98 Å². The minimum Gasteiger partial charge on any atom is -0.277 e. The molecule has 0 bridgehead atoms. The van der Waals surface area contributed by atoms with Crippen molar-refractivity contribution >= 4 is 85.6 Å². The number of rotatable bonds is 5. The van der Waals surface area contributed by atoms with Crippen LogP contribution < -0.4 is 0 Å². The van der Waals surface area contributed by atoms with Gasteiger partial charge in [0.05, 0.1) is 11.0 Å². The number of fused-ring (bicyclic) bond motifs is 11. The van der Waals surface area contributed by atoms with Gasteiger partial charge in [0, 0.05) is 58.6 Å². The summed E-state index contributed by atoms with van der Waals surface area (Å²) >= 11 is 1.87. The van der Waals surface area contributed by atoms with E-state index in [1.807, 2.05) is 31.3 Å². The van der Waals surface area contributed by atoms with Gasteiger partial charge < -0.3 is 0 Å². The standard InChI is InChI=1S/C57H34N4S.C2H6/c1-2-12-35(13-3-1)37-24-27-40(28-25-37)55-58-56(42-29-26-36-14-4-5-17-41(36)34-42)60-57(59-55)61-52-44-19-9-7-16-39(44)30-32-47(52)45-20-10-21-46(53(45)61)48-22-11-23-49-51-43-18-8-6-15-38(43)31-33-50(51)62-54(48)49;1-2/h1-34H;1-2H3. The molecule has 13 aromatic rings. The zero-order valence-electron chi connectivity index (χ0n) is 35.3. The summed E-state index contributed by atoms with van der Waals surface area (Å²) in [6.07, 6.45) is 0. The normalized spacial score (nSPS) is 11.6. The van der Waals surface area contributed by atoms with E-state index >= 15 is 0 Å². The molecule has 0 atom stereocenters. The van der Waals surface area contributed by atoms with Crippen molar-refractivity contribution in [3.63, 3.8) is 0 Å². The quantitative estimate of drug-likeness (QED) is 0.173. The Balaban J connectivity index is 0.00000214. The lowest BCUT2D eigenvalue weighted by Crippen LogP contribution is -2.07. The maximum atomic E-state index is 5.46. The van der Waals surface area contributed by atoms with Gasteiger partial charge in [0.25, 0.3) is 0 Å². The molecule has 0 aliphatic carbocycles. The Morgan fingerprint density at radius 3 is 1.70 bits per heavy atom. The van der Waals surface area contributed by atoms with Gasteiger partial charge in [-0.1, -0.05) is 208 Å². The molecule has 0 amide bonds. The fourth-order valence-electron chi connectivity index (χ4n) is 9.52. The third-order valence-corrected chi connectivity index (χ3v) is 13.6. The van der Waals surface area contributed by atoms with E-state index in [1.54, 1.807) is 0 Å². The first-order valence-corrected chi connectivity index (χ1v) is 22.7. The average molecular weight is 837 g/mol. The third kappa shape index (κ3) is 6.08. The largest absolute Gasteiger partial charge is 0.277 e. The van der Waals surface area contributed by atoms with Crippen LogP contribution in [0.25, 0.3) is 125 Å². The van der Waals surface area contributed by atoms with Gasteiger partial charge >= 0.3 is 0 Å². The molecule has 0 N–H and O–H groups in total. The zero-order valence-corrected chi connectivity index (χ0v) is 36.1. The molecule has 3 aromatic heterocycles. The van der Waals surface area contributed by atoms with Crippen molar-refractivity contribution in [3.8, 4) is 51.0 Å². The molecule has 3 heterocycles. The van der Waals surface area contributed by atoms with Crippen LogP contribution in [0.15, 0.2) is 206 Å². The van der Waals surface area contributed by atoms with Crippen LogP contribution >= 0.6 is 11.3 Å². The van der Waals surface area contributed by atoms with Crippen molar-refractivity contribution < 1.29 is 0 Å². The Kier molecular flexibility index (Phi) is 9.09. The summed E-state index contributed by atoms with van der Waals surface area (Å²) in [7, 11) is 0. The summed E-state index contributed by atoms with van der Waals surface area (Å²) in [4.78, 5) is 16.2. The molecule has 0 aliphatic heterocycles. The second-order valence-electron chi connectivity index (χ2n) is 16.0. The molecule has 0 aliphatic rings. The van der Waals surface area contributed by atoms with Crippen molar-refractivity contribution in [2.24, 2.45) is 0 Å². The lowest BCUT2D eigenvalue weighted by molar-refractivity contribution is 0.956. The van der Waals surface area contributed by atoms with Crippen molar-refractivity contribution in [1.29, 1.82) is 0 Å². The smallest absolute Gasteiger partial charge is 0.238 e.